The first-order valence-corrected chi connectivity index (χ1v) is 10.7. The fraction of sp³-hybridized carbons (Fsp3) is 0.409. The Balaban J connectivity index is 1.54. The van der Waals surface area contributed by atoms with Crippen LogP contribution in [0.1, 0.15) is 45.4 Å². The fourth-order valence-electron chi connectivity index (χ4n) is 2.93. The molecule has 0 fully saturated rings. The van der Waals surface area contributed by atoms with Gasteiger partial charge < -0.3 is 10.6 Å². The van der Waals surface area contributed by atoms with E-state index in [1.165, 1.54) is 6.92 Å². The zero-order chi connectivity index (χ0) is 20.2. The molecular formula is C22H28N2O3S. The molecule has 28 heavy (non-hydrogen) atoms. The third-order valence-electron chi connectivity index (χ3n) is 4.37. The highest BCUT2D eigenvalue weighted by atomic mass is 32.2. The lowest BCUT2D eigenvalue weighted by atomic mass is 10.1. The van der Waals surface area contributed by atoms with Gasteiger partial charge in [-0.2, -0.15) is 0 Å². The summed E-state index contributed by atoms with van der Waals surface area (Å²) in [5.74, 6) is 0.151. The molecule has 2 aromatic carbocycles. The number of carbonyl (C=O) groups is 3. The Hall–Kier alpha value is -2.34. The molecule has 0 aliphatic rings. The van der Waals surface area contributed by atoms with Gasteiger partial charge in [-0.05, 0) is 24.3 Å². The van der Waals surface area contributed by atoms with E-state index in [1.54, 1.807) is 0 Å². The number of anilines is 1. The molecule has 0 saturated carbocycles. The maximum atomic E-state index is 12.2. The van der Waals surface area contributed by atoms with E-state index in [0.717, 1.165) is 60.3 Å². The molecule has 0 aliphatic heterocycles. The lowest BCUT2D eigenvalue weighted by molar-refractivity contribution is -0.119. The van der Waals surface area contributed by atoms with Crippen LogP contribution < -0.4 is 10.6 Å². The van der Waals surface area contributed by atoms with Gasteiger partial charge in [0.05, 0.1) is 5.75 Å². The molecule has 0 unspecified atom stereocenters. The summed E-state index contributed by atoms with van der Waals surface area (Å²) in [7, 11) is 0. The van der Waals surface area contributed by atoms with Crippen LogP contribution in [0, 0.1) is 0 Å². The highest BCUT2D eigenvalue weighted by Gasteiger charge is 2.06. The average Bonchev–Trinajstić information content (AvgIpc) is 2.68. The molecular weight excluding hydrogens is 372 g/mol. The number of amides is 2. The number of hydrogen-bond donors (Lipinski definition) is 2. The van der Waals surface area contributed by atoms with E-state index in [-0.39, 0.29) is 22.7 Å². The van der Waals surface area contributed by atoms with Crippen LogP contribution >= 0.6 is 11.8 Å². The van der Waals surface area contributed by atoms with Crippen molar-refractivity contribution in [1.29, 1.82) is 0 Å². The van der Waals surface area contributed by atoms with Gasteiger partial charge in [0.1, 0.15) is 0 Å². The van der Waals surface area contributed by atoms with Crippen molar-refractivity contribution in [3.8, 4) is 0 Å². The molecule has 2 aromatic rings. The first-order chi connectivity index (χ1) is 13.6. The fourth-order valence-corrected chi connectivity index (χ4v) is 3.37. The predicted molar refractivity (Wildman–Crippen MR) is 116 cm³/mol. The lowest BCUT2D eigenvalue weighted by Crippen LogP contribution is -2.26. The van der Waals surface area contributed by atoms with Crippen molar-refractivity contribution in [3.05, 3.63) is 42.5 Å². The third kappa shape index (κ3) is 8.13. The van der Waals surface area contributed by atoms with Crippen LogP contribution in [-0.4, -0.2) is 29.2 Å². The van der Waals surface area contributed by atoms with Crippen molar-refractivity contribution in [1.82, 2.24) is 5.32 Å². The summed E-state index contributed by atoms with van der Waals surface area (Å²) in [6, 6.07) is 13.9. The van der Waals surface area contributed by atoms with E-state index in [2.05, 4.69) is 10.6 Å². The number of fused-ring (bicyclic) bond motifs is 1. The third-order valence-corrected chi connectivity index (χ3v) is 5.19. The number of rotatable bonds is 11. The smallest absolute Gasteiger partial charge is 0.230 e. The Morgan fingerprint density at radius 1 is 0.857 bits per heavy atom. The molecule has 0 atom stereocenters. The quantitative estimate of drug-likeness (QED) is 0.544. The summed E-state index contributed by atoms with van der Waals surface area (Å²) in [6.07, 6.45) is 5.35. The first kappa shape index (κ1) is 22.0. The van der Waals surface area contributed by atoms with Crippen LogP contribution in [0.5, 0.6) is 0 Å². The first-order valence-electron chi connectivity index (χ1n) is 9.74. The highest BCUT2D eigenvalue weighted by molar-refractivity contribution is 8.14. The van der Waals surface area contributed by atoms with Crippen molar-refractivity contribution in [2.45, 2.75) is 45.4 Å². The standard InChI is InChI=1S/C22H28N2O3S/c1-17(25)28-16-22(27)23-15-8-4-2-3-5-14-21(26)24-20-13-9-11-18-10-6-7-12-19(18)20/h6-7,9-13H,2-5,8,14-16H2,1H3,(H,23,27)(H,24,26). The van der Waals surface area contributed by atoms with Gasteiger partial charge in [-0.25, -0.2) is 0 Å². The summed E-state index contributed by atoms with van der Waals surface area (Å²) in [5, 5.41) is 7.96. The zero-order valence-electron chi connectivity index (χ0n) is 16.3. The molecule has 0 radical (unpaired) electrons. The summed E-state index contributed by atoms with van der Waals surface area (Å²) < 4.78 is 0. The molecule has 0 bridgehead atoms. The van der Waals surface area contributed by atoms with Crippen LogP contribution in [0.15, 0.2) is 42.5 Å². The van der Waals surface area contributed by atoms with E-state index in [9.17, 15) is 14.4 Å². The minimum Gasteiger partial charge on any atom is -0.355 e. The maximum absolute atomic E-state index is 12.2. The lowest BCUT2D eigenvalue weighted by Gasteiger charge is -2.09. The number of nitrogens with one attached hydrogen (secondary N) is 2. The summed E-state index contributed by atoms with van der Waals surface area (Å²) in [5.41, 5.74) is 0.863. The largest absolute Gasteiger partial charge is 0.355 e. The van der Waals surface area contributed by atoms with Crippen molar-refractivity contribution >= 4 is 45.2 Å². The molecule has 2 amide bonds. The maximum Gasteiger partial charge on any atom is 0.230 e. The zero-order valence-corrected chi connectivity index (χ0v) is 17.1. The number of thioether (sulfide) groups is 1. The summed E-state index contributed by atoms with van der Waals surface area (Å²) in [4.78, 5) is 34.4. The highest BCUT2D eigenvalue weighted by Crippen LogP contribution is 2.23. The van der Waals surface area contributed by atoms with Gasteiger partial charge in [0.25, 0.3) is 0 Å². The van der Waals surface area contributed by atoms with Crippen molar-refractivity contribution in [3.63, 3.8) is 0 Å². The Kier molecular flexibility index (Phi) is 9.55. The van der Waals surface area contributed by atoms with Crippen LogP contribution in [0.25, 0.3) is 10.8 Å². The Bertz CT molecular complexity index is 802. The molecule has 0 saturated heterocycles. The van der Waals surface area contributed by atoms with Gasteiger partial charge in [0, 0.05) is 31.0 Å². The number of unbranched alkanes of at least 4 members (excludes halogenated alkanes) is 4. The van der Waals surface area contributed by atoms with E-state index in [0.29, 0.717) is 13.0 Å². The second-order valence-corrected chi connectivity index (χ2v) is 7.88. The van der Waals surface area contributed by atoms with E-state index in [1.807, 2.05) is 42.5 Å². The van der Waals surface area contributed by atoms with Gasteiger partial charge in [0.15, 0.2) is 5.12 Å². The Morgan fingerprint density at radius 2 is 1.57 bits per heavy atom. The minimum atomic E-state index is -0.0923. The van der Waals surface area contributed by atoms with Gasteiger partial charge >= 0.3 is 0 Å². The number of benzene rings is 2. The molecule has 150 valence electrons. The van der Waals surface area contributed by atoms with Crippen molar-refractivity contribution in [2.24, 2.45) is 0 Å². The molecule has 0 aromatic heterocycles. The monoisotopic (exact) mass is 400 g/mol. The predicted octanol–water partition coefficient (Wildman–Crippen LogP) is 4.51. The molecule has 0 spiro atoms. The van der Waals surface area contributed by atoms with Gasteiger partial charge in [-0.15, -0.1) is 0 Å². The second kappa shape index (κ2) is 12.2. The molecule has 5 nitrogen and oxygen atoms in total. The SMILES string of the molecule is CC(=O)SCC(=O)NCCCCCCCC(=O)Nc1cccc2ccccc12. The Morgan fingerprint density at radius 3 is 2.39 bits per heavy atom. The van der Waals surface area contributed by atoms with E-state index in [4.69, 9.17) is 0 Å². The molecule has 0 heterocycles. The minimum absolute atomic E-state index is 0.0420. The van der Waals surface area contributed by atoms with Crippen molar-refractivity contribution in [2.75, 3.05) is 17.6 Å². The summed E-state index contributed by atoms with van der Waals surface area (Å²) in [6.45, 7) is 2.10. The molecule has 0 aliphatic carbocycles. The van der Waals surface area contributed by atoms with Gasteiger partial charge in [0.2, 0.25) is 11.8 Å². The van der Waals surface area contributed by atoms with Gasteiger partial charge in [-0.3, -0.25) is 14.4 Å². The van der Waals surface area contributed by atoms with E-state index < -0.39 is 0 Å². The Labute approximate surface area is 170 Å². The topological polar surface area (TPSA) is 75.3 Å². The second-order valence-electron chi connectivity index (χ2n) is 6.72. The number of hydrogen-bond acceptors (Lipinski definition) is 4. The van der Waals surface area contributed by atoms with Crippen LogP contribution in [0.2, 0.25) is 0 Å². The van der Waals surface area contributed by atoms with Gasteiger partial charge in [-0.1, -0.05) is 67.4 Å². The molecule has 2 N–H and O–H groups in total. The van der Waals surface area contributed by atoms with Crippen LogP contribution in [0.4, 0.5) is 5.69 Å². The van der Waals surface area contributed by atoms with Crippen LogP contribution in [0.3, 0.4) is 0 Å². The van der Waals surface area contributed by atoms with E-state index >= 15 is 0 Å². The normalized spacial score (nSPS) is 10.6. The van der Waals surface area contributed by atoms with Crippen LogP contribution in [-0.2, 0) is 14.4 Å². The molecule has 2 rings (SSSR count). The van der Waals surface area contributed by atoms with Crippen molar-refractivity contribution < 1.29 is 14.4 Å². The molecule has 6 heteroatoms. The summed E-state index contributed by atoms with van der Waals surface area (Å²) >= 11 is 1.03. The average molecular weight is 401 g/mol. The number of carbonyl (C=O) groups excluding carboxylic acids is 3.